The number of carbonyl (C=O) groups excluding carboxylic acids is 2. The number of hydrogen-bond acceptors (Lipinski definition) is 4. The summed E-state index contributed by atoms with van der Waals surface area (Å²) >= 11 is 0. The summed E-state index contributed by atoms with van der Waals surface area (Å²) in [4.78, 5) is 23.8. The number of hydrogen-bond donors (Lipinski definition) is 3. The van der Waals surface area contributed by atoms with Gasteiger partial charge in [-0.2, -0.15) is 0 Å². The zero-order chi connectivity index (χ0) is 15.7. The molecular formula is C15H23N3O3. The number of para-hydroxylation sites is 1. The normalized spacial score (nSPS) is 17.3. The number of carbonyl (C=O) groups is 2. The van der Waals surface area contributed by atoms with Gasteiger partial charge in [-0.25, -0.2) is 5.01 Å². The summed E-state index contributed by atoms with van der Waals surface area (Å²) in [6.07, 6.45) is 2.51. The molecule has 4 N–H and O–H groups in total. The van der Waals surface area contributed by atoms with E-state index in [4.69, 9.17) is 10.8 Å². The highest BCUT2D eigenvalue weighted by Gasteiger charge is 2.39. The molecular weight excluding hydrogens is 270 g/mol. The molecule has 0 bridgehead atoms. The van der Waals surface area contributed by atoms with Gasteiger partial charge in [0.2, 0.25) is 0 Å². The fourth-order valence-corrected chi connectivity index (χ4v) is 1.94. The van der Waals surface area contributed by atoms with Crippen LogP contribution in [0.25, 0.3) is 0 Å². The molecule has 1 fully saturated rings. The maximum atomic E-state index is 12.1. The van der Waals surface area contributed by atoms with E-state index in [-0.39, 0.29) is 18.4 Å². The number of aliphatic hydroxyl groups excluding tert-OH is 1. The predicted octanol–water partition coefficient (Wildman–Crippen LogP) is 0.808. The van der Waals surface area contributed by atoms with Crippen LogP contribution < -0.4 is 16.2 Å². The monoisotopic (exact) mass is 293 g/mol. The van der Waals surface area contributed by atoms with Crippen LogP contribution in [0.3, 0.4) is 0 Å². The molecule has 21 heavy (non-hydrogen) atoms. The first kappa shape index (κ1) is 17.1. The number of hydrazine groups is 1. The van der Waals surface area contributed by atoms with E-state index in [0.717, 1.165) is 12.8 Å². The Morgan fingerprint density at radius 2 is 1.90 bits per heavy atom. The van der Waals surface area contributed by atoms with Gasteiger partial charge in [-0.1, -0.05) is 38.0 Å². The third kappa shape index (κ3) is 4.84. The number of benzene rings is 1. The van der Waals surface area contributed by atoms with E-state index in [1.54, 1.807) is 12.1 Å². The smallest absolute Gasteiger partial charge is 0.258 e. The molecule has 0 radical (unpaired) electrons. The molecule has 6 heteroatoms. The lowest BCUT2D eigenvalue weighted by Gasteiger charge is -2.14. The zero-order valence-electron chi connectivity index (χ0n) is 12.3. The van der Waals surface area contributed by atoms with Crippen LogP contribution in [0, 0.1) is 5.92 Å². The maximum Gasteiger partial charge on any atom is 0.258 e. The summed E-state index contributed by atoms with van der Waals surface area (Å²) in [6, 6.07) is 9.17. The van der Waals surface area contributed by atoms with Gasteiger partial charge < -0.3 is 10.8 Å². The minimum atomic E-state index is -0.518. The average molecular weight is 293 g/mol. The second-order valence-corrected chi connectivity index (χ2v) is 4.69. The molecule has 2 amide bonds. The lowest BCUT2D eigenvalue weighted by Crippen LogP contribution is -2.35. The van der Waals surface area contributed by atoms with Crippen molar-refractivity contribution in [2.24, 2.45) is 11.7 Å². The highest BCUT2D eigenvalue weighted by Crippen LogP contribution is 2.22. The van der Waals surface area contributed by atoms with Crippen LogP contribution >= 0.6 is 0 Å². The van der Waals surface area contributed by atoms with Crippen molar-refractivity contribution in [2.75, 3.05) is 18.2 Å². The van der Waals surface area contributed by atoms with Gasteiger partial charge in [-0.15, -0.1) is 0 Å². The molecule has 1 heterocycles. The Balaban J connectivity index is 0.000000491. The quantitative estimate of drug-likeness (QED) is 0.700. The molecule has 116 valence electrons. The molecule has 0 aliphatic carbocycles. The van der Waals surface area contributed by atoms with Gasteiger partial charge >= 0.3 is 0 Å². The van der Waals surface area contributed by atoms with Crippen LogP contribution in [0.15, 0.2) is 30.3 Å². The Hall–Kier alpha value is -1.92. The molecule has 1 aliphatic rings. The Morgan fingerprint density at radius 3 is 2.43 bits per heavy atom. The highest BCUT2D eigenvalue weighted by atomic mass is 16.3. The number of aliphatic hydroxyl groups is 1. The van der Waals surface area contributed by atoms with Crippen molar-refractivity contribution in [1.82, 2.24) is 5.43 Å². The Kier molecular flexibility index (Phi) is 7.42. The van der Waals surface area contributed by atoms with Gasteiger partial charge in [0.1, 0.15) is 5.92 Å². The van der Waals surface area contributed by atoms with Gasteiger partial charge in [-0.3, -0.25) is 15.0 Å². The number of nitrogens with zero attached hydrogens (tertiary/aromatic N) is 1. The molecule has 6 nitrogen and oxygen atoms in total. The zero-order valence-corrected chi connectivity index (χ0v) is 12.3. The lowest BCUT2D eigenvalue weighted by molar-refractivity contribution is -0.127. The fraction of sp³-hybridized carbons (Fsp3) is 0.467. The number of unbranched alkanes of at least 4 members (excludes halogenated alkanes) is 1. The van der Waals surface area contributed by atoms with Gasteiger partial charge in [0, 0.05) is 6.54 Å². The van der Waals surface area contributed by atoms with Gasteiger partial charge in [0.15, 0.2) is 0 Å². The number of rotatable bonds is 5. The molecule has 0 saturated carbocycles. The molecule has 1 atom stereocenters. The first-order valence-electron chi connectivity index (χ1n) is 7.16. The van der Waals surface area contributed by atoms with E-state index in [2.05, 4.69) is 5.43 Å². The van der Waals surface area contributed by atoms with Crippen molar-refractivity contribution in [3.05, 3.63) is 30.3 Å². The number of nitrogens with two attached hydrogens (primary N) is 1. The highest BCUT2D eigenvalue weighted by molar-refractivity contribution is 6.14. The second kappa shape index (κ2) is 9.10. The summed E-state index contributed by atoms with van der Waals surface area (Å²) in [5.41, 5.74) is 8.11. The SMILES string of the molecule is CCCCC1C(=O)NN(c2ccccc2)C1=O.NCCO. The number of anilines is 1. The standard InChI is InChI=1S/C13H16N2O2.C2H7NO/c1-2-3-9-11-12(16)14-15(13(11)17)10-7-5-4-6-8-10;3-1-2-4/h4-8,11H,2-3,9H2,1H3,(H,14,16);4H,1-3H2. The minimum Gasteiger partial charge on any atom is -0.395 e. The average Bonchev–Trinajstić information content (AvgIpc) is 2.81. The van der Waals surface area contributed by atoms with Crippen LogP contribution in [-0.2, 0) is 9.59 Å². The Labute approximate surface area is 124 Å². The van der Waals surface area contributed by atoms with E-state index in [9.17, 15) is 9.59 Å². The Bertz CT molecular complexity index is 449. The molecule has 1 aromatic rings. The van der Waals surface area contributed by atoms with Crippen LogP contribution in [0.4, 0.5) is 5.69 Å². The number of nitrogens with one attached hydrogen (secondary N) is 1. The van der Waals surface area contributed by atoms with E-state index in [1.807, 2.05) is 25.1 Å². The van der Waals surface area contributed by atoms with Crippen LogP contribution in [0.1, 0.15) is 26.2 Å². The molecule has 0 aromatic heterocycles. The minimum absolute atomic E-state index is 0.0972. The van der Waals surface area contributed by atoms with Crippen LogP contribution in [0.5, 0.6) is 0 Å². The van der Waals surface area contributed by atoms with E-state index >= 15 is 0 Å². The van der Waals surface area contributed by atoms with Crippen molar-refractivity contribution in [1.29, 1.82) is 0 Å². The molecule has 2 rings (SSSR count). The lowest BCUT2D eigenvalue weighted by atomic mass is 10.0. The fourth-order valence-electron chi connectivity index (χ4n) is 1.94. The molecule has 1 unspecified atom stereocenters. The largest absolute Gasteiger partial charge is 0.395 e. The van der Waals surface area contributed by atoms with Crippen LogP contribution in [-0.4, -0.2) is 30.1 Å². The topological polar surface area (TPSA) is 95.7 Å². The van der Waals surface area contributed by atoms with Crippen molar-refractivity contribution in [2.45, 2.75) is 26.2 Å². The first-order valence-corrected chi connectivity index (χ1v) is 7.16. The van der Waals surface area contributed by atoms with Crippen molar-refractivity contribution in [3.8, 4) is 0 Å². The van der Waals surface area contributed by atoms with E-state index < -0.39 is 5.92 Å². The van der Waals surface area contributed by atoms with Gasteiger partial charge in [0.05, 0.1) is 12.3 Å². The van der Waals surface area contributed by atoms with Crippen LogP contribution in [0.2, 0.25) is 0 Å². The van der Waals surface area contributed by atoms with Crippen molar-refractivity contribution < 1.29 is 14.7 Å². The Morgan fingerprint density at radius 1 is 1.29 bits per heavy atom. The predicted molar refractivity (Wildman–Crippen MR) is 81.2 cm³/mol. The maximum absolute atomic E-state index is 12.1. The molecule has 1 saturated heterocycles. The second-order valence-electron chi connectivity index (χ2n) is 4.69. The van der Waals surface area contributed by atoms with Gasteiger partial charge in [0.25, 0.3) is 11.8 Å². The summed E-state index contributed by atoms with van der Waals surface area (Å²) in [6.45, 7) is 2.52. The summed E-state index contributed by atoms with van der Waals surface area (Å²) in [7, 11) is 0. The molecule has 1 aliphatic heterocycles. The number of amides is 2. The summed E-state index contributed by atoms with van der Waals surface area (Å²) in [5.74, 6) is -0.850. The van der Waals surface area contributed by atoms with Gasteiger partial charge in [-0.05, 0) is 18.6 Å². The first-order chi connectivity index (χ1) is 10.2. The van der Waals surface area contributed by atoms with Crippen molar-refractivity contribution in [3.63, 3.8) is 0 Å². The van der Waals surface area contributed by atoms with E-state index in [0.29, 0.717) is 18.7 Å². The summed E-state index contributed by atoms with van der Waals surface area (Å²) < 4.78 is 0. The third-order valence-electron chi connectivity index (χ3n) is 3.05. The summed E-state index contributed by atoms with van der Waals surface area (Å²) in [5, 5.41) is 9.10. The molecule has 1 aromatic carbocycles. The van der Waals surface area contributed by atoms with E-state index in [1.165, 1.54) is 5.01 Å². The third-order valence-corrected chi connectivity index (χ3v) is 3.05. The molecule has 0 spiro atoms. The van der Waals surface area contributed by atoms with Crippen molar-refractivity contribution >= 4 is 17.5 Å².